The summed E-state index contributed by atoms with van der Waals surface area (Å²) >= 11 is 0. The molecule has 1 aliphatic heterocycles. The lowest BCUT2D eigenvalue weighted by molar-refractivity contribution is 0.170. The van der Waals surface area contributed by atoms with Gasteiger partial charge in [0.2, 0.25) is 0 Å². The Balaban J connectivity index is 2.24. The second-order valence-corrected chi connectivity index (χ2v) is 7.21. The van der Waals surface area contributed by atoms with Crippen LogP contribution in [-0.2, 0) is 9.84 Å². The van der Waals surface area contributed by atoms with Crippen LogP contribution in [0.25, 0.3) is 0 Å². The maximum absolute atomic E-state index is 11.3. The first kappa shape index (κ1) is 13.9. The molecule has 1 aliphatic rings. The molecule has 0 aromatic carbocycles. The Bertz CT molecular complexity index is 303. The van der Waals surface area contributed by atoms with E-state index in [-0.39, 0.29) is 11.5 Å². The zero-order valence-corrected chi connectivity index (χ0v) is 11.4. The Kier molecular flexibility index (Phi) is 5.21. The van der Waals surface area contributed by atoms with Gasteiger partial charge >= 0.3 is 0 Å². The lowest BCUT2D eigenvalue weighted by Crippen LogP contribution is -2.46. The standard InChI is InChI=1S/C11H24N2O2S/c1-4-16(14,15)8-6-12-11-5-7-13(3)10(2)9-11/h10-12H,4-9H2,1-3H3. The van der Waals surface area contributed by atoms with Crippen molar-refractivity contribution in [2.45, 2.75) is 38.8 Å². The summed E-state index contributed by atoms with van der Waals surface area (Å²) < 4.78 is 22.6. The topological polar surface area (TPSA) is 49.4 Å². The average Bonchev–Trinajstić information content (AvgIpc) is 2.23. The Labute approximate surface area is 99.3 Å². The van der Waals surface area contributed by atoms with Gasteiger partial charge in [-0.05, 0) is 33.4 Å². The summed E-state index contributed by atoms with van der Waals surface area (Å²) in [6, 6.07) is 1.08. The Morgan fingerprint density at radius 2 is 2.12 bits per heavy atom. The van der Waals surface area contributed by atoms with Gasteiger partial charge in [-0.2, -0.15) is 0 Å². The van der Waals surface area contributed by atoms with E-state index < -0.39 is 9.84 Å². The van der Waals surface area contributed by atoms with Crippen LogP contribution in [-0.4, -0.2) is 57.0 Å². The highest BCUT2D eigenvalue weighted by molar-refractivity contribution is 7.91. The summed E-state index contributed by atoms with van der Waals surface area (Å²) in [5, 5.41) is 3.36. The zero-order chi connectivity index (χ0) is 12.2. The van der Waals surface area contributed by atoms with Gasteiger partial charge in [-0.15, -0.1) is 0 Å². The molecule has 1 heterocycles. The molecule has 0 radical (unpaired) electrons. The molecule has 0 aliphatic carbocycles. The zero-order valence-electron chi connectivity index (χ0n) is 10.6. The quantitative estimate of drug-likeness (QED) is 0.769. The number of nitrogens with one attached hydrogen (secondary N) is 1. The van der Waals surface area contributed by atoms with Gasteiger partial charge in [-0.3, -0.25) is 0 Å². The van der Waals surface area contributed by atoms with Crippen LogP contribution in [0.3, 0.4) is 0 Å². The molecule has 2 unspecified atom stereocenters. The van der Waals surface area contributed by atoms with Crippen LogP contribution in [0, 0.1) is 0 Å². The lowest BCUT2D eigenvalue weighted by Gasteiger charge is -2.35. The SMILES string of the molecule is CCS(=O)(=O)CCNC1CCN(C)C(C)C1. The van der Waals surface area contributed by atoms with E-state index in [4.69, 9.17) is 0 Å². The predicted octanol–water partition coefficient (Wildman–Crippen LogP) is 0.493. The van der Waals surface area contributed by atoms with Crippen LogP contribution < -0.4 is 5.32 Å². The van der Waals surface area contributed by atoms with Gasteiger partial charge in [0.25, 0.3) is 0 Å². The molecular weight excluding hydrogens is 224 g/mol. The van der Waals surface area contributed by atoms with Crippen LogP contribution in [0.2, 0.25) is 0 Å². The fourth-order valence-corrected chi connectivity index (χ4v) is 2.76. The van der Waals surface area contributed by atoms with Crippen molar-refractivity contribution >= 4 is 9.84 Å². The highest BCUT2D eigenvalue weighted by Crippen LogP contribution is 2.14. The van der Waals surface area contributed by atoms with Crippen LogP contribution in [0.15, 0.2) is 0 Å². The van der Waals surface area contributed by atoms with Gasteiger partial charge in [0.05, 0.1) is 5.75 Å². The molecule has 0 amide bonds. The normalized spacial score (nSPS) is 28.2. The fraction of sp³-hybridized carbons (Fsp3) is 1.00. The van der Waals surface area contributed by atoms with Crippen LogP contribution in [0.4, 0.5) is 0 Å². The highest BCUT2D eigenvalue weighted by Gasteiger charge is 2.22. The van der Waals surface area contributed by atoms with Crippen molar-refractivity contribution in [3.8, 4) is 0 Å². The minimum absolute atomic E-state index is 0.248. The summed E-state index contributed by atoms with van der Waals surface area (Å²) in [5.41, 5.74) is 0. The molecule has 4 nitrogen and oxygen atoms in total. The van der Waals surface area contributed by atoms with Crippen LogP contribution >= 0.6 is 0 Å². The van der Waals surface area contributed by atoms with Gasteiger partial charge in [-0.25, -0.2) is 8.42 Å². The van der Waals surface area contributed by atoms with E-state index in [1.807, 2.05) is 0 Å². The summed E-state index contributed by atoms with van der Waals surface area (Å²) in [7, 11) is -0.676. The van der Waals surface area contributed by atoms with Gasteiger partial charge in [0.1, 0.15) is 0 Å². The van der Waals surface area contributed by atoms with E-state index >= 15 is 0 Å². The molecule has 1 rings (SSSR count). The first-order valence-electron chi connectivity index (χ1n) is 6.08. The maximum atomic E-state index is 11.3. The van der Waals surface area contributed by atoms with Crippen molar-refractivity contribution in [3.05, 3.63) is 0 Å². The monoisotopic (exact) mass is 248 g/mol. The molecule has 2 atom stereocenters. The molecule has 1 fully saturated rings. The summed E-state index contributed by atoms with van der Waals surface area (Å²) in [4.78, 5) is 2.35. The van der Waals surface area contributed by atoms with Crippen molar-refractivity contribution < 1.29 is 8.42 Å². The number of rotatable bonds is 5. The van der Waals surface area contributed by atoms with Crippen molar-refractivity contribution in [1.82, 2.24) is 10.2 Å². The molecule has 0 aromatic heterocycles. The lowest BCUT2D eigenvalue weighted by atomic mass is 9.99. The Morgan fingerprint density at radius 3 is 2.69 bits per heavy atom. The van der Waals surface area contributed by atoms with Crippen molar-refractivity contribution in [1.29, 1.82) is 0 Å². The number of sulfone groups is 1. The van der Waals surface area contributed by atoms with E-state index in [0.29, 0.717) is 18.6 Å². The molecule has 5 heteroatoms. The van der Waals surface area contributed by atoms with E-state index in [1.165, 1.54) is 0 Å². The van der Waals surface area contributed by atoms with Crippen LogP contribution in [0.5, 0.6) is 0 Å². The molecular formula is C11H24N2O2S. The number of piperidine rings is 1. The second-order valence-electron chi connectivity index (χ2n) is 4.74. The minimum Gasteiger partial charge on any atom is -0.313 e. The third-order valence-corrected chi connectivity index (χ3v) is 5.20. The van der Waals surface area contributed by atoms with Gasteiger partial charge in [0.15, 0.2) is 9.84 Å². The predicted molar refractivity (Wildman–Crippen MR) is 67.4 cm³/mol. The van der Waals surface area contributed by atoms with Gasteiger partial charge < -0.3 is 10.2 Å². The van der Waals surface area contributed by atoms with Crippen molar-refractivity contribution in [2.75, 3.05) is 31.6 Å². The first-order valence-corrected chi connectivity index (χ1v) is 7.91. The van der Waals surface area contributed by atoms with E-state index in [9.17, 15) is 8.42 Å². The largest absolute Gasteiger partial charge is 0.313 e. The van der Waals surface area contributed by atoms with Gasteiger partial charge in [-0.1, -0.05) is 6.92 Å². The molecule has 0 bridgehead atoms. The molecule has 1 saturated heterocycles. The Morgan fingerprint density at radius 1 is 1.44 bits per heavy atom. The maximum Gasteiger partial charge on any atom is 0.151 e. The van der Waals surface area contributed by atoms with Gasteiger partial charge in [0, 0.05) is 24.4 Å². The molecule has 96 valence electrons. The van der Waals surface area contributed by atoms with Crippen LogP contribution in [0.1, 0.15) is 26.7 Å². The summed E-state index contributed by atoms with van der Waals surface area (Å²) in [5.74, 6) is 0.517. The average molecular weight is 248 g/mol. The van der Waals surface area contributed by atoms with Crippen molar-refractivity contribution in [3.63, 3.8) is 0 Å². The van der Waals surface area contributed by atoms with E-state index in [0.717, 1.165) is 19.4 Å². The minimum atomic E-state index is -2.82. The molecule has 0 spiro atoms. The molecule has 1 N–H and O–H groups in total. The third-order valence-electron chi connectivity index (χ3n) is 3.49. The molecule has 16 heavy (non-hydrogen) atoms. The number of likely N-dealkylation sites (tertiary alicyclic amines) is 1. The number of nitrogens with zero attached hydrogens (tertiary/aromatic N) is 1. The van der Waals surface area contributed by atoms with E-state index in [2.05, 4.69) is 24.2 Å². The Hall–Kier alpha value is -0.130. The number of hydrogen-bond acceptors (Lipinski definition) is 4. The summed E-state index contributed by atoms with van der Waals surface area (Å²) in [6.07, 6.45) is 2.23. The second kappa shape index (κ2) is 5.98. The fourth-order valence-electron chi connectivity index (χ4n) is 2.04. The highest BCUT2D eigenvalue weighted by atomic mass is 32.2. The molecule has 0 aromatic rings. The third kappa shape index (κ3) is 4.39. The van der Waals surface area contributed by atoms with E-state index in [1.54, 1.807) is 6.92 Å². The first-order chi connectivity index (χ1) is 7.44. The number of hydrogen-bond donors (Lipinski definition) is 1. The smallest absolute Gasteiger partial charge is 0.151 e. The summed E-state index contributed by atoms with van der Waals surface area (Å²) in [6.45, 7) is 5.61. The molecule has 0 saturated carbocycles. The van der Waals surface area contributed by atoms with Crippen molar-refractivity contribution in [2.24, 2.45) is 0 Å².